The van der Waals surface area contributed by atoms with Gasteiger partial charge in [-0.15, -0.1) is 0 Å². The fourth-order valence-corrected chi connectivity index (χ4v) is 1.67. The number of aliphatic hydroxyl groups is 4. The second-order valence-corrected chi connectivity index (χ2v) is 4.84. The molecule has 0 fully saturated rings. The lowest BCUT2D eigenvalue weighted by molar-refractivity contribution is -0.147. The van der Waals surface area contributed by atoms with Crippen LogP contribution in [0.15, 0.2) is 0 Å². The molecule has 11 heteroatoms. The van der Waals surface area contributed by atoms with Crippen molar-refractivity contribution >= 4 is 23.4 Å². The van der Waals surface area contributed by atoms with Gasteiger partial charge in [-0.3, -0.25) is 19.2 Å². The van der Waals surface area contributed by atoms with Crippen molar-refractivity contribution in [3.63, 3.8) is 0 Å². The lowest BCUT2D eigenvalue weighted by Crippen LogP contribution is -2.59. The van der Waals surface area contributed by atoms with E-state index in [0.717, 1.165) is 6.92 Å². The molecular formula is C12H20N2O9. The van der Waals surface area contributed by atoms with Crippen molar-refractivity contribution in [3.05, 3.63) is 0 Å². The minimum absolute atomic E-state index is 0.840. The number of hydrogen-bond donors (Lipinski definition) is 7. The number of Topliss-reactive ketones (excluding diaryl/α,β-unsaturated/α-hetero) is 2. The van der Waals surface area contributed by atoms with Gasteiger partial charge in [-0.1, -0.05) is 0 Å². The summed E-state index contributed by atoms with van der Waals surface area (Å²) in [5.74, 6) is -5.10. The molecule has 0 saturated heterocycles. The van der Waals surface area contributed by atoms with Crippen LogP contribution >= 0.6 is 0 Å². The number of carbonyl (C=O) groups excluding carboxylic acids is 3. The van der Waals surface area contributed by atoms with Crippen LogP contribution in [-0.4, -0.2) is 86.0 Å². The van der Waals surface area contributed by atoms with Gasteiger partial charge < -0.3 is 36.6 Å². The highest BCUT2D eigenvalue weighted by atomic mass is 16.4. The van der Waals surface area contributed by atoms with Crippen molar-refractivity contribution in [2.45, 2.75) is 43.7 Å². The van der Waals surface area contributed by atoms with E-state index in [1.165, 1.54) is 0 Å². The number of nitrogens with two attached hydrogens (primary N) is 1. The van der Waals surface area contributed by atoms with Gasteiger partial charge in [0, 0.05) is 6.92 Å². The van der Waals surface area contributed by atoms with Crippen LogP contribution in [-0.2, 0) is 19.2 Å². The lowest BCUT2D eigenvalue weighted by atomic mass is 9.93. The van der Waals surface area contributed by atoms with Crippen molar-refractivity contribution in [1.82, 2.24) is 5.32 Å². The van der Waals surface area contributed by atoms with Crippen molar-refractivity contribution in [2.75, 3.05) is 6.61 Å². The molecule has 0 aliphatic rings. The van der Waals surface area contributed by atoms with Crippen LogP contribution in [0.5, 0.6) is 0 Å². The molecule has 8 N–H and O–H groups in total. The Kier molecular flexibility index (Phi) is 8.50. The standard InChI is InChI=1S/C12H20N2O9/c1-4(16)14-8(12(23)10(21)6(17)3-15)11(22)9(20)5(13)2-7(18)19/h5-6,8,10,12,15,17,21,23H,2-3,13H2,1H3,(H,14,16)(H,18,19)/t5-,6+,8-,10+,12+/m0/s1. The summed E-state index contributed by atoms with van der Waals surface area (Å²) in [6.45, 7) is 0.00912. The van der Waals surface area contributed by atoms with E-state index in [0.29, 0.717) is 0 Å². The number of aliphatic carboxylic acids is 1. The molecule has 11 nitrogen and oxygen atoms in total. The maximum atomic E-state index is 12.0. The van der Waals surface area contributed by atoms with Gasteiger partial charge in [0.15, 0.2) is 0 Å². The van der Waals surface area contributed by atoms with Crippen LogP contribution in [0.2, 0.25) is 0 Å². The topological polar surface area (TPSA) is 207 Å². The molecule has 0 heterocycles. The summed E-state index contributed by atoms with van der Waals surface area (Å²) < 4.78 is 0. The van der Waals surface area contributed by atoms with E-state index in [1.54, 1.807) is 0 Å². The summed E-state index contributed by atoms with van der Waals surface area (Å²) in [5, 5.41) is 47.8. The molecule has 5 atom stereocenters. The third-order valence-corrected chi connectivity index (χ3v) is 2.89. The molecule has 1 amide bonds. The van der Waals surface area contributed by atoms with E-state index in [1.807, 2.05) is 5.32 Å². The predicted octanol–water partition coefficient (Wildman–Crippen LogP) is -4.49. The first-order valence-corrected chi connectivity index (χ1v) is 6.50. The zero-order chi connectivity index (χ0) is 18.3. The minimum Gasteiger partial charge on any atom is -0.481 e. The second kappa shape index (κ2) is 9.27. The van der Waals surface area contributed by atoms with Crippen LogP contribution in [0.3, 0.4) is 0 Å². The summed E-state index contributed by atoms with van der Waals surface area (Å²) in [6, 6.07) is -3.67. The van der Waals surface area contributed by atoms with Gasteiger partial charge in [0.1, 0.15) is 24.4 Å². The number of carboxylic acid groups (broad SMARTS) is 1. The highest BCUT2D eigenvalue weighted by Gasteiger charge is 2.40. The largest absolute Gasteiger partial charge is 0.481 e. The molecule has 0 aromatic carbocycles. The Morgan fingerprint density at radius 3 is 1.96 bits per heavy atom. The van der Waals surface area contributed by atoms with Crippen LogP contribution in [0, 0.1) is 0 Å². The lowest BCUT2D eigenvalue weighted by Gasteiger charge is -2.28. The predicted molar refractivity (Wildman–Crippen MR) is 73.0 cm³/mol. The first kappa shape index (κ1) is 21.1. The first-order valence-electron chi connectivity index (χ1n) is 6.50. The average Bonchev–Trinajstić information content (AvgIpc) is 2.47. The Hall–Kier alpha value is -1.92. The van der Waals surface area contributed by atoms with Crippen LogP contribution in [0.1, 0.15) is 13.3 Å². The van der Waals surface area contributed by atoms with Gasteiger partial charge in [0.25, 0.3) is 0 Å². The number of ketones is 2. The Bertz CT molecular complexity index is 467. The average molecular weight is 336 g/mol. The van der Waals surface area contributed by atoms with Gasteiger partial charge in [-0.2, -0.15) is 0 Å². The van der Waals surface area contributed by atoms with E-state index in [9.17, 15) is 34.5 Å². The number of carboxylic acids is 1. The number of hydrogen-bond acceptors (Lipinski definition) is 9. The van der Waals surface area contributed by atoms with Gasteiger partial charge in [0.05, 0.1) is 19.1 Å². The summed E-state index contributed by atoms with van der Waals surface area (Å²) in [7, 11) is 0. The molecule has 0 rings (SSSR count). The van der Waals surface area contributed by atoms with Crippen molar-refractivity contribution in [2.24, 2.45) is 5.73 Å². The molecule has 0 aromatic rings. The van der Waals surface area contributed by atoms with Crippen molar-refractivity contribution in [1.29, 1.82) is 0 Å². The van der Waals surface area contributed by atoms with Gasteiger partial charge >= 0.3 is 5.97 Å². The minimum atomic E-state index is -2.13. The fourth-order valence-electron chi connectivity index (χ4n) is 1.67. The Labute approximate surface area is 130 Å². The Balaban J connectivity index is 5.30. The zero-order valence-corrected chi connectivity index (χ0v) is 12.2. The third-order valence-electron chi connectivity index (χ3n) is 2.89. The molecule has 23 heavy (non-hydrogen) atoms. The number of rotatable bonds is 10. The third kappa shape index (κ3) is 6.38. The van der Waals surface area contributed by atoms with Crippen LogP contribution < -0.4 is 11.1 Å². The summed E-state index contributed by atoms with van der Waals surface area (Å²) in [6.07, 6.45) is -6.87. The molecule has 132 valence electrons. The molecule has 0 bridgehead atoms. The van der Waals surface area contributed by atoms with Crippen LogP contribution in [0.4, 0.5) is 0 Å². The quantitative estimate of drug-likeness (QED) is 0.190. The molecule has 0 aromatic heterocycles. The molecule has 0 spiro atoms. The monoisotopic (exact) mass is 336 g/mol. The van der Waals surface area contributed by atoms with Crippen LogP contribution in [0.25, 0.3) is 0 Å². The van der Waals surface area contributed by atoms with E-state index in [-0.39, 0.29) is 0 Å². The van der Waals surface area contributed by atoms with Gasteiger partial charge in [-0.25, -0.2) is 0 Å². The second-order valence-electron chi connectivity index (χ2n) is 4.84. The number of amides is 1. The SMILES string of the molecule is CC(=O)N[C@@H](C(=O)C(=O)[C@@H](N)CC(=O)O)[C@@H](O)[C@H](O)[C@H](O)CO. The van der Waals surface area contributed by atoms with E-state index in [2.05, 4.69) is 0 Å². The Morgan fingerprint density at radius 1 is 1.04 bits per heavy atom. The van der Waals surface area contributed by atoms with E-state index < -0.39 is 66.9 Å². The molecule has 0 aliphatic heterocycles. The molecular weight excluding hydrogens is 316 g/mol. The highest BCUT2D eigenvalue weighted by Crippen LogP contribution is 2.08. The van der Waals surface area contributed by atoms with E-state index in [4.69, 9.17) is 15.9 Å². The molecule has 0 unspecified atom stereocenters. The summed E-state index contributed by atoms with van der Waals surface area (Å²) >= 11 is 0. The van der Waals surface area contributed by atoms with Crippen molar-refractivity contribution < 1.29 is 44.7 Å². The first-order chi connectivity index (χ1) is 10.5. The number of aliphatic hydroxyl groups excluding tert-OH is 4. The summed E-state index contributed by atoms with van der Waals surface area (Å²) in [4.78, 5) is 45.4. The fraction of sp³-hybridized carbons (Fsp3) is 0.667. The smallest absolute Gasteiger partial charge is 0.305 e. The maximum absolute atomic E-state index is 12.0. The van der Waals surface area contributed by atoms with Crippen molar-refractivity contribution in [3.8, 4) is 0 Å². The van der Waals surface area contributed by atoms with Gasteiger partial charge in [-0.05, 0) is 0 Å². The Morgan fingerprint density at radius 2 is 1.57 bits per heavy atom. The highest BCUT2D eigenvalue weighted by molar-refractivity contribution is 6.41. The normalized spacial score (nSPS) is 17.5. The molecule has 0 saturated carbocycles. The van der Waals surface area contributed by atoms with Gasteiger partial charge in [0.2, 0.25) is 17.5 Å². The number of nitrogens with one attached hydrogen (secondary N) is 1. The summed E-state index contributed by atoms with van der Waals surface area (Å²) in [5.41, 5.74) is 5.25. The maximum Gasteiger partial charge on any atom is 0.305 e. The van der Waals surface area contributed by atoms with E-state index >= 15 is 0 Å². The number of carbonyl (C=O) groups is 4. The molecule has 0 radical (unpaired) electrons. The zero-order valence-electron chi connectivity index (χ0n) is 12.2. The molecule has 0 aliphatic carbocycles.